The molecule has 1 rings (SSSR count). The van der Waals surface area contributed by atoms with Crippen molar-refractivity contribution in [1.82, 2.24) is 0 Å². The highest BCUT2D eigenvalue weighted by Gasteiger charge is 2.16. The second-order valence-electron chi connectivity index (χ2n) is 4.79. The number of hydrogen-bond donors (Lipinski definition) is 1. The zero-order valence-corrected chi connectivity index (χ0v) is 11.7. The van der Waals surface area contributed by atoms with Gasteiger partial charge in [-0.1, -0.05) is 26.3 Å². The Labute approximate surface area is 110 Å². The number of benzene rings is 1. The third-order valence-corrected chi connectivity index (χ3v) is 3.43. The molecule has 0 aliphatic heterocycles. The molecule has 102 valence electrons. The largest absolute Gasteiger partial charge is 0.366 e. The van der Waals surface area contributed by atoms with E-state index in [1.807, 2.05) is 12.1 Å². The predicted octanol–water partition coefficient (Wildman–Crippen LogP) is 3.69. The number of halogens is 1. The van der Waals surface area contributed by atoms with Crippen LogP contribution in [0.4, 0.5) is 10.1 Å². The quantitative estimate of drug-likeness (QED) is 0.802. The summed E-state index contributed by atoms with van der Waals surface area (Å²) in [5.74, 6) is -0.158. The van der Waals surface area contributed by atoms with Crippen molar-refractivity contribution in [3.8, 4) is 0 Å². The number of hydrogen-bond acceptors (Lipinski definition) is 2. The molecular weight excluding hydrogens is 227 g/mol. The van der Waals surface area contributed by atoms with Crippen LogP contribution in [0.3, 0.4) is 0 Å². The summed E-state index contributed by atoms with van der Waals surface area (Å²) >= 11 is 0. The van der Waals surface area contributed by atoms with E-state index in [0.29, 0.717) is 18.3 Å². The maximum absolute atomic E-state index is 14.1. The van der Waals surface area contributed by atoms with Gasteiger partial charge >= 0.3 is 0 Å². The lowest BCUT2D eigenvalue weighted by molar-refractivity contribution is 0.564. The highest BCUT2D eigenvalue weighted by molar-refractivity contribution is 5.50. The average molecular weight is 252 g/mol. The van der Waals surface area contributed by atoms with Crippen molar-refractivity contribution in [2.24, 2.45) is 5.73 Å². The van der Waals surface area contributed by atoms with Crippen LogP contribution in [0.2, 0.25) is 0 Å². The van der Waals surface area contributed by atoms with E-state index in [1.165, 1.54) is 0 Å². The fraction of sp³-hybridized carbons (Fsp3) is 0.600. The first-order valence-electron chi connectivity index (χ1n) is 6.89. The topological polar surface area (TPSA) is 29.3 Å². The van der Waals surface area contributed by atoms with Crippen molar-refractivity contribution in [2.75, 3.05) is 11.4 Å². The molecule has 0 saturated carbocycles. The van der Waals surface area contributed by atoms with E-state index in [2.05, 4.69) is 25.7 Å². The lowest BCUT2D eigenvalue weighted by atomic mass is 10.1. The average Bonchev–Trinajstić information content (AvgIpc) is 2.39. The molecule has 0 spiro atoms. The standard InChI is InChI=1S/C15H25FN2/c1-4-6-9-18(12(3)5-2)15-8-7-13(11-17)10-14(15)16/h7-8,10,12H,4-6,9,11,17H2,1-3H3. The Kier molecular flexibility index (Phi) is 6.13. The maximum atomic E-state index is 14.1. The predicted molar refractivity (Wildman–Crippen MR) is 76.3 cm³/mol. The molecule has 0 aliphatic rings. The van der Waals surface area contributed by atoms with Crippen molar-refractivity contribution >= 4 is 5.69 Å². The first kappa shape index (κ1) is 15.0. The lowest BCUT2D eigenvalue weighted by Gasteiger charge is -2.31. The third kappa shape index (κ3) is 3.70. The second kappa shape index (κ2) is 7.37. The van der Waals surface area contributed by atoms with E-state index in [-0.39, 0.29) is 5.82 Å². The van der Waals surface area contributed by atoms with Gasteiger partial charge in [0.15, 0.2) is 0 Å². The van der Waals surface area contributed by atoms with Gasteiger partial charge in [0.1, 0.15) is 5.82 Å². The molecule has 1 aromatic carbocycles. The summed E-state index contributed by atoms with van der Waals surface area (Å²) < 4.78 is 14.1. The van der Waals surface area contributed by atoms with Crippen molar-refractivity contribution in [3.05, 3.63) is 29.6 Å². The summed E-state index contributed by atoms with van der Waals surface area (Å²) in [7, 11) is 0. The summed E-state index contributed by atoms with van der Waals surface area (Å²) in [5, 5.41) is 0. The molecule has 0 radical (unpaired) electrons. The van der Waals surface area contributed by atoms with Gasteiger partial charge in [-0.3, -0.25) is 0 Å². The molecule has 0 amide bonds. The van der Waals surface area contributed by atoms with Gasteiger partial charge < -0.3 is 10.6 Å². The van der Waals surface area contributed by atoms with Crippen LogP contribution in [-0.4, -0.2) is 12.6 Å². The van der Waals surface area contributed by atoms with E-state index < -0.39 is 0 Å². The van der Waals surface area contributed by atoms with Crippen molar-refractivity contribution in [1.29, 1.82) is 0 Å². The third-order valence-electron chi connectivity index (χ3n) is 3.43. The molecule has 1 unspecified atom stereocenters. The molecule has 0 aliphatic carbocycles. The first-order valence-corrected chi connectivity index (χ1v) is 6.89. The first-order chi connectivity index (χ1) is 8.63. The molecule has 1 aromatic rings. The smallest absolute Gasteiger partial charge is 0.146 e. The van der Waals surface area contributed by atoms with Gasteiger partial charge in [-0.25, -0.2) is 4.39 Å². The van der Waals surface area contributed by atoms with E-state index in [4.69, 9.17) is 5.73 Å². The fourth-order valence-corrected chi connectivity index (χ4v) is 2.04. The summed E-state index contributed by atoms with van der Waals surface area (Å²) in [4.78, 5) is 2.17. The van der Waals surface area contributed by atoms with Gasteiger partial charge in [0.05, 0.1) is 5.69 Å². The molecule has 1 atom stereocenters. The number of nitrogens with zero attached hydrogens (tertiary/aromatic N) is 1. The zero-order chi connectivity index (χ0) is 13.5. The molecule has 3 heteroatoms. The van der Waals surface area contributed by atoms with Crippen LogP contribution in [0.15, 0.2) is 18.2 Å². The Morgan fingerprint density at radius 3 is 2.56 bits per heavy atom. The van der Waals surface area contributed by atoms with Crippen LogP contribution >= 0.6 is 0 Å². The van der Waals surface area contributed by atoms with Gasteiger partial charge in [-0.15, -0.1) is 0 Å². The van der Waals surface area contributed by atoms with E-state index in [1.54, 1.807) is 6.07 Å². The van der Waals surface area contributed by atoms with E-state index >= 15 is 0 Å². The van der Waals surface area contributed by atoms with Gasteiger partial charge in [-0.2, -0.15) is 0 Å². The summed E-state index contributed by atoms with van der Waals surface area (Å²) in [5.41, 5.74) is 7.08. The minimum absolute atomic E-state index is 0.158. The summed E-state index contributed by atoms with van der Waals surface area (Å²) in [6.45, 7) is 7.73. The maximum Gasteiger partial charge on any atom is 0.146 e. The van der Waals surface area contributed by atoms with Crippen LogP contribution in [0.1, 0.15) is 45.6 Å². The highest BCUT2D eigenvalue weighted by Crippen LogP contribution is 2.24. The zero-order valence-electron chi connectivity index (χ0n) is 11.7. The molecular formula is C15H25FN2. The number of anilines is 1. The number of unbranched alkanes of at least 4 members (excludes halogenated alkanes) is 1. The monoisotopic (exact) mass is 252 g/mol. The SMILES string of the molecule is CCCCN(c1ccc(CN)cc1F)C(C)CC. The molecule has 0 aromatic heterocycles. The van der Waals surface area contributed by atoms with Crippen LogP contribution in [0.5, 0.6) is 0 Å². The molecule has 0 saturated heterocycles. The van der Waals surface area contributed by atoms with Gasteiger partial charge in [0, 0.05) is 19.1 Å². The Hall–Kier alpha value is -1.09. The molecule has 0 heterocycles. The molecule has 0 fully saturated rings. The highest BCUT2D eigenvalue weighted by atomic mass is 19.1. The van der Waals surface area contributed by atoms with Crippen molar-refractivity contribution in [3.63, 3.8) is 0 Å². The lowest BCUT2D eigenvalue weighted by Crippen LogP contribution is -2.34. The molecule has 18 heavy (non-hydrogen) atoms. The van der Waals surface area contributed by atoms with Crippen LogP contribution in [-0.2, 0) is 6.54 Å². The van der Waals surface area contributed by atoms with Crippen LogP contribution in [0, 0.1) is 5.82 Å². The second-order valence-corrected chi connectivity index (χ2v) is 4.79. The molecule has 0 bridgehead atoms. The Bertz CT molecular complexity index is 366. The molecule has 2 nitrogen and oxygen atoms in total. The Morgan fingerprint density at radius 2 is 2.06 bits per heavy atom. The van der Waals surface area contributed by atoms with Crippen molar-refractivity contribution in [2.45, 2.75) is 52.6 Å². The van der Waals surface area contributed by atoms with Gasteiger partial charge in [-0.05, 0) is 37.5 Å². The van der Waals surface area contributed by atoms with Gasteiger partial charge in [0.25, 0.3) is 0 Å². The molecule has 2 N–H and O–H groups in total. The van der Waals surface area contributed by atoms with E-state index in [9.17, 15) is 4.39 Å². The normalized spacial score (nSPS) is 12.5. The van der Waals surface area contributed by atoms with Gasteiger partial charge in [0.2, 0.25) is 0 Å². The van der Waals surface area contributed by atoms with Crippen LogP contribution < -0.4 is 10.6 Å². The van der Waals surface area contributed by atoms with E-state index in [0.717, 1.165) is 31.4 Å². The van der Waals surface area contributed by atoms with Crippen molar-refractivity contribution < 1.29 is 4.39 Å². The van der Waals surface area contributed by atoms with Crippen LogP contribution in [0.25, 0.3) is 0 Å². The fourth-order valence-electron chi connectivity index (χ4n) is 2.04. The minimum atomic E-state index is -0.158. The minimum Gasteiger partial charge on any atom is -0.366 e. The summed E-state index contributed by atoms with van der Waals surface area (Å²) in [6, 6.07) is 5.69. The Balaban J connectivity index is 2.96. The number of nitrogens with two attached hydrogens (primary N) is 1. The Morgan fingerprint density at radius 1 is 1.33 bits per heavy atom. The number of rotatable bonds is 7. The summed E-state index contributed by atoms with van der Waals surface area (Å²) in [6.07, 6.45) is 3.22.